The molecule has 1 aromatic rings. The van der Waals surface area contributed by atoms with Gasteiger partial charge in [0.1, 0.15) is 5.75 Å². The topological polar surface area (TPSA) is 32.3 Å². The Morgan fingerprint density at radius 3 is 2.27 bits per heavy atom. The first-order valence-electron chi connectivity index (χ1n) is 4.16. The first-order valence-corrected chi connectivity index (χ1v) is 5.75. The predicted molar refractivity (Wildman–Crippen MR) is 61.2 cm³/mol. The molecule has 6 heteroatoms. The number of phenolic OH excluding ortho intramolecular Hbond substituents is 1. The van der Waals surface area contributed by atoms with Gasteiger partial charge >= 0.3 is 0 Å². The maximum atomic E-state index is 11.8. The molecule has 2 N–H and O–H groups in total. The fraction of sp³-hybridized carbons (Fsp3) is 0.333. The number of alkyl halides is 2. The Morgan fingerprint density at radius 1 is 1.27 bits per heavy atom. The SMILES string of the molecule is Oc1c(Br)cc(CNCC(F)F)cc1Br. The van der Waals surface area contributed by atoms with E-state index in [1.54, 1.807) is 12.1 Å². The Morgan fingerprint density at radius 2 is 1.80 bits per heavy atom. The highest BCUT2D eigenvalue weighted by atomic mass is 79.9. The molecule has 0 aliphatic heterocycles. The summed E-state index contributed by atoms with van der Waals surface area (Å²) >= 11 is 6.32. The number of halogens is 4. The molecule has 84 valence electrons. The molecule has 0 aliphatic carbocycles. The summed E-state index contributed by atoms with van der Waals surface area (Å²) in [5, 5.41) is 12.0. The van der Waals surface area contributed by atoms with Crippen molar-refractivity contribution >= 4 is 31.9 Å². The number of hydrogen-bond donors (Lipinski definition) is 2. The van der Waals surface area contributed by atoms with Crippen LogP contribution in [0.15, 0.2) is 21.1 Å². The van der Waals surface area contributed by atoms with Crippen LogP contribution in [0.25, 0.3) is 0 Å². The molecular formula is C9H9Br2F2NO. The van der Waals surface area contributed by atoms with Crippen molar-refractivity contribution < 1.29 is 13.9 Å². The van der Waals surface area contributed by atoms with Crippen molar-refractivity contribution in [3.05, 3.63) is 26.6 Å². The standard InChI is InChI=1S/C9H9Br2F2NO/c10-6-1-5(2-7(11)9(6)15)3-14-4-8(12)13/h1-2,8,14-15H,3-4H2. The Balaban J connectivity index is 2.63. The summed E-state index contributed by atoms with van der Waals surface area (Å²) in [5.74, 6) is 0.104. The van der Waals surface area contributed by atoms with E-state index in [9.17, 15) is 13.9 Å². The maximum absolute atomic E-state index is 11.8. The van der Waals surface area contributed by atoms with Crippen LogP contribution in [0, 0.1) is 0 Å². The summed E-state index contributed by atoms with van der Waals surface area (Å²) < 4.78 is 24.7. The van der Waals surface area contributed by atoms with E-state index in [0.717, 1.165) is 5.56 Å². The average molecular weight is 345 g/mol. The van der Waals surface area contributed by atoms with Gasteiger partial charge in [-0.1, -0.05) is 0 Å². The molecule has 15 heavy (non-hydrogen) atoms. The third-order valence-corrected chi connectivity index (χ3v) is 2.91. The molecule has 0 aliphatic rings. The van der Waals surface area contributed by atoms with Gasteiger partial charge in [0, 0.05) is 6.54 Å². The molecule has 0 spiro atoms. The predicted octanol–water partition coefficient (Wildman–Crippen LogP) is 3.27. The third kappa shape index (κ3) is 4.04. The molecule has 2 nitrogen and oxygen atoms in total. The Labute approximate surface area is 103 Å². The molecule has 0 heterocycles. The molecule has 0 bridgehead atoms. The van der Waals surface area contributed by atoms with E-state index >= 15 is 0 Å². The van der Waals surface area contributed by atoms with Crippen LogP contribution in [-0.2, 0) is 6.54 Å². The molecule has 1 rings (SSSR count). The summed E-state index contributed by atoms with van der Waals surface area (Å²) in [5.41, 5.74) is 0.812. The average Bonchev–Trinajstić information content (AvgIpc) is 2.13. The van der Waals surface area contributed by atoms with Gasteiger partial charge in [-0.15, -0.1) is 0 Å². The zero-order valence-corrected chi connectivity index (χ0v) is 10.8. The molecule has 0 radical (unpaired) electrons. The number of hydrogen-bond acceptors (Lipinski definition) is 2. The minimum Gasteiger partial charge on any atom is -0.506 e. The minimum atomic E-state index is -2.35. The Kier molecular flexibility index (Phi) is 4.95. The van der Waals surface area contributed by atoms with Crippen molar-refractivity contribution in [2.75, 3.05) is 6.54 Å². The van der Waals surface area contributed by atoms with Crippen molar-refractivity contribution in [1.82, 2.24) is 5.32 Å². The molecule has 0 saturated carbocycles. The second kappa shape index (κ2) is 5.77. The zero-order chi connectivity index (χ0) is 11.4. The second-order valence-corrected chi connectivity index (χ2v) is 4.64. The maximum Gasteiger partial charge on any atom is 0.250 e. The Bertz CT molecular complexity index is 324. The summed E-state index contributed by atoms with van der Waals surface area (Å²) in [7, 11) is 0. The van der Waals surface area contributed by atoms with Crippen LogP contribution in [-0.4, -0.2) is 18.1 Å². The van der Waals surface area contributed by atoms with Gasteiger partial charge in [0.15, 0.2) is 0 Å². The molecule has 1 aromatic carbocycles. The van der Waals surface area contributed by atoms with Crippen molar-refractivity contribution in [3.8, 4) is 5.75 Å². The van der Waals surface area contributed by atoms with Crippen molar-refractivity contribution in [2.45, 2.75) is 13.0 Å². The number of rotatable bonds is 4. The minimum absolute atomic E-state index is 0.104. The van der Waals surface area contributed by atoms with Gasteiger partial charge < -0.3 is 10.4 Å². The summed E-state index contributed by atoms with van der Waals surface area (Å²) in [6.45, 7) is -0.00205. The summed E-state index contributed by atoms with van der Waals surface area (Å²) in [6, 6.07) is 3.36. The lowest BCUT2D eigenvalue weighted by atomic mass is 10.2. The highest BCUT2D eigenvalue weighted by molar-refractivity contribution is 9.11. The van der Waals surface area contributed by atoms with Gasteiger partial charge in [0.25, 0.3) is 6.43 Å². The lowest BCUT2D eigenvalue weighted by Gasteiger charge is -2.07. The van der Waals surface area contributed by atoms with Crippen LogP contribution < -0.4 is 5.32 Å². The van der Waals surface area contributed by atoms with E-state index in [1.807, 2.05) is 0 Å². The number of nitrogens with one attached hydrogen (secondary N) is 1. The van der Waals surface area contributed by atoms with Gasteiger partial charge in [0.2, 0.25) is 0 Å². The zero-order valence-electron chi connectivity index (χ0n) is 7.61. The van der Waals surface area contributed by atoms with E-state index in [0.29, 0.717) is 15.5 Å². The van der Waals surface area contributed by atoms with Gasteiger partial charge in [-0.3, -0.25) is 0 Å². The van der Waals surface area contributed by atoms with E-state index in [-0.39, 0.29) is 12.3 Å². The molecule has 0 aromatic heterocycles. The smallest absolute Gasteiger partial charge is 0.250 e. The lowest BCUT2D eigenvalue weighted by molar-refractivity contribution is 0.145. The van der Waals surface area contributed by atoms with E-state index in [4.69, 9.17) is 0 Å². The van der Waals surface area contributed by atoms with Crippen LogP contribution in [0.4, 0.5) is 8.78 Å². The highest BCUT2D eigenvalue weighted by Gasteiger charge is 2.06. The summed E-state index contributed by atoms with van der Waals surface area (Å²) in [4.78, 5) is 0. The number of benzene rings is 1. The first-order chi connectivity index (χ1) is 7.00. The molecule has 0 atom stereocenters. The van der Waals surface area contributed by atoms with Crippen molar-refractivity contribution in [1.29, 1.82) is 0 Å². The van der Waals surface area contributed by atoms with Crippen LogP contribution in [0.1, 0.15) is 5.56 Å². The molecule has 0 amide bonds. The van der Waals surface area contributed by atoms with E-state index in [2.05, 4.69) is 37.2 Å². The Hall–Kier alpha value is -0.200. The highest BCUT2D eigenvalue weighted by Crippen LogP contribution is 2.33. The van der Waals surface area contributed by atoms with Crippen LogP contribution in [0.2, 0.25) is 0 Å². The molecular weight excluding hydrogens is 336 g/mol. The van der Waals surface area contributed by atoms with Crippen LogP contribution in [0.5, 0.6) is 5.75 Å². The van der Waals surface area contributed by atoms with E-state index in [1.165, 1.54) is 0 Å². The summed E-state index contributed by atoms with van der Waals surface area (Å²) in [6.07, 6.45) is -2.35. The van der Waals surface area contributed by atoms with Crippen LogP contribution in [0.3, 0.4) is 0 Å². The third-order valence-electron chi connectivity index (χ3n) is 1.70. The largest absolute Gasteiger partial charge is 0.506 e. The van der Waals surface area contributed by atoms with Crippen LogP contribution >= 0.6 is 31.9 Å². The van der Waals surface area contributed by atoms with Gasteiger partial charge in [-0.2, -0.15) is 0 Å². The number of aromatic hydroxyl groups is 1. The first kappa shape index (κ1) is 12.9. The second-order valence-electron chi connectivity index (χ2n) is 2.93. The normalized spacial score (nSPS) is 11.0. The van der Waals surface area contributed by atoms with E-state index < -0.39 is 6.43 Å². The van der Waals surface area contributed by atoms with Crippen molar-refractivity contribution in [3.63, 3.8) is 0 Å². The van der Waals surface area contributed by atoms with Gasteiger partial charge in [0.05, 0.1) is 15.5 Å². The van der Waals surface area contributed by atoms with Gasteiger partial charge in [-0.25, -0.2) is 8.78 Å². The lowest BCUT2D eigenvalue weighted by Crippen LogP contribution is -2.20. The monoisotopic (exact) mass is 343 g/mol. The van der Waals surface area contributed by atoms with Crippen molar-refractivity contribution in [2.24, 2.45) is 0 Å². The molecule has 0 saturated heterocycles. The number of phenols is 1. The molecule has 0 unspecified atom stereocenters. The fourth-order valence-electron chi connectivity index (χ4n) is 1.05. The fourth-order valence-corrected chi connectivity index (χ4v) is 2.33. The quantitative estimate of drug-likeness (QED) is 0.878. The van der Waals surface area contributed by atoms with Gasteiger partial charge in [-0.05, 0) is 49.6 Å². The molecule has 0 fully saturated rings.